The first-order chi connectivity index (χ1) is 9.27. The molecule has 0 fully saturated rings. The summed E-state index contributed by atoms with van der Waals surface area (Å²) in [5, 5.41) is 0. The molecule has 20 heavy (non-hydrogen) atoms. The van der Waals surface area contributed by atoms with Gasteiger partial charge in [-0.1, -0.05) is 110 Å². The molecule has 0 saturated carbocycles. The van der Waals surface area contributed by atoms with Crippen molar-refractivity contribution in [1.82, 2.24) is 0 Å². The van der Waals surface area contributed by atoms with Crippen molar-refractivity contribution in [2.75, 3.05) is 0 Å². The molecule has 116 valence electrons. The third-order valence-corrected chi connectivity index (χ3v) is 4.05. The Bertz CT molecular complexity index is 154. The van der Waals surface area contributed by atoms with Crippen LogP contribution in [0.4, 0.5) is 0 Å². The molecule has 0 aromatic rings. The monoisotopic (exact) mass is 274 g/mol. The topological polar surface area (TPSA) is 0 Å². The van der Waals surface area contributed by atoms with Crippen LogP contribution in [0.15, 0.2) is 0 Å². The van der Waals surface area contributed by atoms with Gasteiger partial charge in [-0.25, -0.2) is 0 Å². The standard InChI is InChI=1S/C19H39.Li/c1-4-5-6-7-8-9-10-11-12-13-14-15-16-17-18-19(2)3;/h19H,2,4-18H2,1,3H3;/q-1;+1. The Kier molecular flexibility index (Phi) is 22.4. The molecule has 1 unspecified atom stereocenters. The molecule has 0 radical (unpaired) electrons. The summed E-state index contributed by atoms with van der Waals surface area (Å²) in [5.41, 5.74) is 0. The van der Waals surface area contributed by atoms with Gasteiger partial charge in [-0.3, -0.25) is 0 Å². The van der Waals surface area contributed by atoms with E-state index in [4.69, 9.17) is 0 Å². The molecule has 0 heterocycles. The van der Waals surface area contributed by atoms with Crippen molar-refractivity contribution in [2.45, 2.75) is 110 Å². The summed E-state index contributed by atoms with van der Waals surface area (Å²) in [7, 11) is 0. The van der Waals surface area contributed by atoms with E-state index in [1.807, 2.05) is 0 Å². The Morgan fingerprint density at radius 1 is 0.600 bits per heavy atom. The zero-order chi connectivity index (χ0) is 14.2. The fraction of sp³-hybridized carbons (Fsp3) is 0.947. The number of hydrogen-bond acceptors (Lipinski definition) is 0. The van der Waals surface area contributed by atoms with Crippen LogP contribution >= 0.6 is 0 Å². The molecule has 0 bridgehead atoms. The molecule has 0 aromatic heterocycles. The van der Waals surface area contributed by atoms with Crippen LogP contribution in [0.3, 0.4) is 0 Å². The van der Waals surface area contributed by atoms with E-state index < -0.39 is 0 Å². The van der Waals surface area contributed by atoms with Crippen LogP contribution in [0, 0.1) is 12.8 Å². The van der Waals surface area contributed by atoms with E-state index >= 15 is 0 Å². The van der Waals surface area contributed by atoms with Crippen molar-refractivity contribution in [2.24, 2.45) is 5.92 Å². The van der Waals surface area contributed by atoms with Crippen molar-refractivity contribution in [3.05, 3.63) is 6.92 Å². The first kappa shape index (κ1) is 22.9. The minimum Gasteiger partial charge on any atom is -0.341 e. The van der Waals surface area contributed by atoms with Crippen LogP contribution in [0.2, 0.25) is 0 Å². The van der Waals surface area contributed by atoms with E-state index in [0.717, 1.165) is 0 Å². The molecule has 0 aromatic carbocycles. The maximum Gasteiger partial charge on any atom is 1.00 e. The third-order valence-electron chi connectivity index (χ3n) is 4.05. The predicted molar refractivity (Wildman–Crippen MR) is 89.5 cm³/mol. The first-order valence-corrected chi connectivity index (χ1v) is 9.10. The van der Waals surface area contributed by atoms with E-state index in [0.29, 0.717) is 5.92 Å². The molecule has 0 rings (SSSR count). The average Bonchev–Trinajstić information content (AvgIpc) is 2.39. The van der Waals surface area contributed by atoms with Crippen LogP contribution < -0.4 is 18.9 Å². The summed E-state index contributed by atoms with van der Waals surface area (Å²) in [4.78, 5) is 0. The van der Waals surface area contributed by atoms with Gasteiger partial charge in [-0.15, -0.1) is 0 Å². The molecule has 0 nitrogen and oxygen atoms in total. The van der Waals surface area contributed by atoms with Crippen molar-refractivity contribution < 1.29 is 18.9 Å². The molecule has 1 heteroatoms. The Morgan fingerprint density at radius 3 is 1.20 bits per heavy atom. The quantitative estimate of drug-likeness (QED) is 0.237. The van der Waals surface area contributed by atoms with Crippen LogP contribution in [0.1, 0.15) is 110 Å². The summed E-state index contributed by atoms with van der Waals surface area (Å²) in [6.07, 6.45) is 21.6. The maximum absolute atomic E-state index is 4.04. The zero-order valence-corrected chi connectivity index (χ0v) is 14.9. The van der Waals surface area contributed by atoms with Crippen LogP contribution in [-0.4, -0.2) is 0 Å². The molecule has 0 aliphatic heterocycles. The van der Waals surface area contributed by atoms with E-state index in [9.17, 15) is 0 Å². The van der Waals surface area contributed by atoms with Crippen molar-refractivity contribution >= 4 is 0 Å². The SMILES string of the molecule is [CH2-]C(C)CCCCCCCCCCCCCCCC.[Li+]. The van der Waals surface area contributed by atoms with Gasteiger partial charge in [0.2, 0.25) is 0 Å². The van der Waals surface area contributed by atoms with Gasteiger partial charge < -0.3 is 6.92 Å². The van der Waals surface area contributed by atoms with Crippen LogP contribution in [-0.2, 0) is 0 Å². The summed E-state index contributed by atoms with van der Waals surface area (Å²) in [5.74, 6) is 0.650. The second kappa shape index (κ2) is 19.6. The Hall–Kier alpha value is 0.597. The Morgan fingerprint density at radius 2 is 0.900 bits per heavy atom. The van der Waals surface area contributed by atoms with Gasteiger partial charge in [-0.05, 0) is 0 Å². The molecule has 0 aliphatic rings. The van der Waals surface area contributed by atoms with E-state index in [-0.39, 0.29) is 18.9 Å². The fourth-order valence-corrected chi connectivity index (χ4v) is 2.69. The third kappa shape index (κ3) is 20.9. The second-order valence-electron chi connectivity index (χ2n) is 6.49. The van der Waals surface area contributed by atoms with E-state index in [1.165, 1.54) is 96.3 Å². The molecule has 0 N–H and O–H groups in total. The van der Waals surface area contributed by atoms with Crippen molar-refractivity contribution in [1.29, 1.82) is 0 Å². The van der Waals surface area contributed by atoms with Crippen LogP contribution in [0.25, 0.3) is 0 Å². The minimum absolute atomic E-state index is 0. The summed E-state index contributed by atoms with van der Waals surface area (Å²) in [6, 6.07) is 0. The normalized spacial score (nSPS) is 12.2. The van der Waals surface area contributed by atoms with Crippen molar-refractivity contribution in [3.63, 3.8) is 0 Å². The van der Waals surface area contributed by atoms with Gasteiger partial charge >= 0.3 is 18.9 Å². The number of rotatable bonds is 15. The Balaban J connectivity index is 0. The molecule has 0 amide bonds. The van der Waals surface area contributed by atoms with Gasteiger partial charge in [0.05, 0.1) is 0 Å². The fourth-order valence-electron chi connectivity index (χ4n) is 2.69. The van der Waals surface area contributed by atoms with Gasteiger partial charge in [0.1, 0.15) is 0 Å². The predicted octanol–water partition coefficient (Wildman–Crippen LogP) is 4.33. The van der Waals surface area contributed by atoms with Gasteiger partial charge in [0, 0.05) is 0 Å². The maximum atomic E-state index is 4.04. The molecule has 1 atom stereocenters. The number of unbranched alkanes of at least 4 members (excludes halogenated alkanes) is 13. The summed E-state index contributed by atoms with van der Waals surface area (Å²) >= 11 is 0. The summed E-state index contributed by atoms with van der Waals surface area (Å²) < 4.78 is 0. The second-order valence-corrected chi connectivity index (χ2v) is 6.49. The molecule has 0 spiro atoms. The van der Waals surface area contributed by atoms with Gasteiger partial charge in [-0.2, -0.15) is 5.92 Å². The smallest absolute Gasteiger partial charge is 0.341 e. The van der Waals surface area contributed by atoms with E-state index in [2.05, 4.69) is 20.8 Å². The molecular weight excluding hydrogens is 235 g/mol. The summed E-state index contributed by atoms with van der Waals surface area (Å²) in [6.45, 7) is 8.55. The Labute approximate surface area is 142 Å². The average molecular weight is 274 g/mol. The molecule has 0 saturated heterocycles. The van der Waals surface area contributed by atoms with Gasteiger partial charge in [0.25, 0.3) is 0 Å². The number of hydrogen-bond donors (Lipinski definition) is 0. The molecule has 0 aliphatic carbocycles. The first-order valence-electron chi connectivity index (χ1n) is 9.10. The zero-order valence-electron chi connectivity index (χ0n) is 14.9. The van der Waals surface area contributed by atoms with Crippen LogP contribution in [0.5, 0.6) is 0 Å². The van der Waals surface area contributed by atoms with E-state index in [1.54, 1.807) is 0 Å². The molecular formula is C19H39Li. The van der Waals surface area contributed by atoms with Gasteiger partial charge in [0.15, 0.2) is 0 Å². The largest absolute Gasteiger partial charge is 1.00 e. The van der Waals surface area contributed by atoms with Crippen molar-refractivity contribution in [3.8, 4) is 0 Å². The minimum atomic E-state index is 0.